The van der Waals surface area contributed by atoms with Crippen LogP contribution in [0.15, 0.2) is 48.8 Å². The van der Waals surface area contributed by atoms with Crippen LogP contribution in [0.5, 0.6) is 0 Å². The van der Waals surface area contributed by atoms with E-state index < -0.39 is 0 Å². The second-order valence-electron chi connectivity index (χ2n) is 7.54. The highest BCUT2D eigenvalue weighted by atomic mass is 16.2. The Labute approximate surface area is 160 Å². The quantitative estimate of drug-likeness (QED) is 0.641. The highest BCUT2D eigenvalue weighted by Gasteiger charge is 2.21. The van der Waals surface area contributed by atoms with Crippen LogP contribution in [-0.4, -0.2) is 25.7 Å². The maximum atomic E-state index is 12.8. The third-order valence-electron chi connectivity index (χ3n) is 4.44. The molecule has 0 aliphatic carbocycles. The fourth-order valence-corrected chi connectivity index (χ4v) is 2.96. The van der Waals surface area contributed by atoms with Gasteiger partial charge in [0.2, 0.25) is 5.91 Å². The Morgan fingerprint density at radius 3 is 2.33 bits per heavy atom. The van der Waals surface area contributed by atoms with Gasteiger partial charge in [0.25, 0.3) is 0 Å². The lowest BCUT2D eigenvalue weighted by Gasteiger charge is -2.20. The van der Waals surface area contributed by atoms with Crippen molar-refractivity contribution in [3.05, 3.63) is 54.6 Å². The van der Waals surface area contributed by atoms with E-state index >= 15 is 0 Å². The number of hydrogen-bond acceptors (Lipinski definition) is 3. The minimum absolute atomic E-state index is 0.00682. The summed E-state index contributed by atoms with van der Waals surface area (Å²) in [7, 11) is 0. The molecule has 3 rings (SSSR count). The number of carbonyl (C=O) groups excluding carboxylic acids is 1. The molecule has 6 nitrogen and oxygen atoms in total. The molecule has 1 aromatic carbocycles. The number of nitrogens with zero attached hydrogens (tertiary/aromatic N) is 3. The molecule has 2 heterocycles. The van der Waals surface area contributed by atoms with E-state index in [-0.39, 0.29) is 11.9 Å². The zero-order valence-electron chi connectivity index (χ0n) is 16.3. The summed E-state index contributed by atoms with van der Waals surface area (Å²) in [5, 5.41) is 10.3. The molecule has 27 heavy (non-hydrogen) atoms. The van der Waals surface area contributed by atoms with E-state index in [0.717, 1.165) is 23.5 Å². The van der Waals surface area contributed by atoms with Crippen molar-refractivity contribution >= 4 is 11.6 Å². The molecule has 2 aromatic heterocycles. The summed E-state index contributed by atoms with van der Waals surface area (Å²) in [6.07, 6.45) is 4.66. The van der Waals surface area contributed by atoms with E-state index in [1.807, 2.05) is 53.4 Å². The maximum Gasteiger partial charge on any atom is 0.247 e. The fourth-order valence-electron chi connectivity index (χ4n) is 2.96. The molecule has 0 radical (unpaired) electrons. The van der Waals surface area contributed by atoms with Crippen LogP contribution in [-0.2, 0) is 4.79 Å². The number of anilines is 1. The van der Waals surface area contributed by atoms with Crippen LogP contribution in [0, 0.1) is 5.92 Å². The number of carbonyl (C=O) groups is 1. The molecule has 2 N–H and O–H groups in total. The van der Waals surface area contributed by atoms with E-state index in [4.69, 9.17) is 0 Å². The molecule has 0 saturated heterocycles. The third kappa shape index (κ3) is 4.64. The lowest BCUT2D eigenvalue weighted by molar-refractivity contribution is -0.119. The normalized spacial score (nSPS) is 12.5. The van der Waals surface area contributed by atoms with Crippen LogP contribution >= 0.6 is 0 Å². The molecule has 1 atom stereocenters. The van der Waals surface area contributed by atoms with Crippen LogP contribution < -0.4 is 5.32 Å². The van der Waals surface area contributed by atoms with E-state index in [0.29, 0.717) is 17.7 Å². The zero-order chi connectivity index (χ0) is 19.4. The summed E-state index contributed by atoms with van der Waals surface area (Å²) >= 11 is 0. The fraction of sp³-hybridized carbons (Fsp3) is 0.381. The van der Waals surface area contributed by atoms with Gasteiger partial charge in [-0.1, -0.05) is 27.7 Å². The molecular formula is C21H27N5O. The number of aromatic nitrogens is 4. The molecule has 0 saturated carbocycles. The highest BCUT2D eigenvalue weighted by molar-refractivity contribution is 5.93. The van der Waals surface area contributed by atoms with Crippen LogP contribution in [0.3, 0.4) is 0 Å². The Morgan fingerprint density at radius 2 is 1.78 bits per heavy atom. The number of H-pyrrole nitrogens is 1. The Bertz CT molecular complexity index is 862. The number of amides is 1. The van der Waals surface area contributed by atoms with Gasteiger partial charge in [0.1, 0.15) is 11.9 Å². The second kappa shape index (κ2) is 8.20. The van der Waals surface area contributed by atoms with Crippen LogP contribution in [0.1, 0.15) is 51.9 Å². The van der Waals surface area contributed by atoms with Crippen molar-refractivity contribution in [2.75, 3.05) is 5.32 Å². The molecular weight excluding hydrogens is 338 g/mol. The summed E-state index contributed by atoms with van der Waals surface area (Å²) in [6, 6.07) is 11.3. The molecule has 0 bridgehead atoms. The topological polar surface area (TPSA) is 75.6 Å². The van der Waals surface area contributed by atoms with Gasteiger partial charge in [-0.15, -0.1) is 0 Å². The Morgan fingerprint density at radius 1 is 1.11 bits per heavy atom. The van der Waals surface area contributed by atoms with Gasteiger partial charge >= 0.3 is 0 Å². The van der Waals surface area contributed by atoms with Gasteiger partial charge in [-0.25, -0.2) is 4.98 Å². The Balaban J connectivity index is 1.72. The number of aromatic amines is 1. The largest absolute Gasteiger partial charge is 0.342 e. The second-order valence-corrected chi connectivity index (χ2v) is 7.54. The number of rotatable bonds is 7. The van der Waals surface area contributed by atoms with Crippen molar-refractivity contribution in [1.82, 2.24) is 19.7 Å². The SMILES string of the molecule is CC(C)CC(C(=O)Nc1ccc(-c2n[nH]c(C(C)C)n2)cc1)n1cccc1. The van der Waals surface area contributed by atoms with Crippen molar-refractivity contribution in [1.29, 1.82) is 0 Å². The van der Waals surface area contributed by atoms with Crippen LogP contribution in [0.25, 0.3) is 11.4 Å². The molecule has 142 valence electrons. The average molecular weight is 365 g/mol. The third-order valence-corrected chi connectivity index (χ3v) is 4.44. The summed E-state index contributed by atoms with van der Waals surface area (Å²) < 4.78 is 1.96. The predicted octanol–water partition coefficient (Wildman–Crippen LogP) is 4.62. The number of hydrogen-bond donors (Lipinski definition) is 2. The first-order chi connectivity index (χ1) is 12.9. The first-order valence-electron chi connectivity index (χ1n) is 9.40. The molecule has 6 heteroatoms. The number of benzene rings is 1. The summed E-state index contributed by atoms with van der Waals surface area (Å²) in [5.74, 6) is 2.25. The Hall–Kier alpha value is -2.89. The standard InChI is InChI=1S/C21H27N5O/c1-14(2)13-18(26-11-5-6-12-26)21(27)22-17-9-7-16(8-10-17)20-23-19(15(3)4)24-25-20/h5-12,14-15,18H,13H2,1-4H3,(H,22,27)(H,23,24,25). The van der Waals surface area contributed by atoms with E-state index in [9.17, 15) is 4.79 Å². The smallest absolute Gasteiger partial charge is 0.247 e. The molecule has 0 aliphatic heterocycles. The van der Waals surface area contributed by atoms with Gasteiger partial charge in [-0.2, -0.15) is 5.10 Å². The van der Waals surface area contributed by atoms with Crippen molar-refractivity contribution in [2.24, 2.45) is 5.92 Å². The molecule has 0 aliphatic rings. The first-order valence-corrected chi connectivity index (χ1v) is 9.40. The molecule has 0 spiro atoms. The summed E-state index contributed by atoms with van der Waals surface area (Å²) in [6.45, 7) is 8.39. The van der Waals surface area contributed by atoms with E-state index in [1.165, 1.54) is 0 Å². The summed E-state index contributed by atoms with van der Waals surface area (Å²) in [5.41, 5.74) is 1.68. The lowest BCUT2D eigenvalue weighted by atomic mass is 10.0. The van der Waals surface area contributed by atoms with Crippen molar-refractivity contribution in [2.45, 2.75) is 46.1 Å². The predicted molar refractivity (Wildman–Crippen MR) is 107 cm³/mol. The van der Waals surface area contributed by atoms with Crippen molar-refractivity contribution in [3.63, 3.8) is 0 Å². The lowest BCUT2D eigenvalue weighted by Crippen LogP contribution is -2.26. The van der Waals surface area contributed by atoms with Crippen molar-refractivity contribution < 1.29 is 4.79 Å². The average Bonchev–Trinajstić information content (AvgIpc) is 3.32. The van der Waals surface area contributed by atoms with Gasteiger partial charge in [-0.05, 0) is 48.7 Å². The van der Waals surface area contributed by atoms with Crippen LogP contribution in [0.4, 0.5) is 5.69 Å². The first kappa shape index (κ1) is 18.9. The molecule has 3 aromatic rings. The van der Waals surface area contributed by atoms with E-state index in [1.54, 1.807) is 0 Å². The minimum Gasteiger partial charge on any atom is -0.342 e. The maximum absolute atomic E-state index is 12.8. The minimum atomic E-state index is -0.221. The van der Waals surface area contributed by atoms with Crippen molar-refractivity contribution in [3.8, 4) is 11.4 Å². The van der Waals surface area contributed by atoms with Gasteiger partial charge in [0.15, 0.2) is 5.82 Å². The van der Waals surface area contributed by atoms with Gasteiger partial charge < -0.3 is 9.88 Å². The highest BCUT2D eigenvalue weighted by Crippen LogP contribution is 2.23. The van der Waals surface area contributed by atoms with Crippen LogP contribution in [0.2, 0.25) is 0 Å². The molecule has 0 fully saturated rings. The van der Waals surface area contributed by atoms with Gasteiger partial charge in [0, 0.05) is 29.6 Å². The van der Waals surface area contributed by atoms with Gasteiger partial charge in [0.05, 0.1) is 0 Å². The zero-order valence-corrected chi connectivity index (χ0v) is 16.3. The molecule has 1 unspecified atom stereocenters. The van der Waals surface area contributed by atoms with E-state index in [2.05, 4.69) is 48.2 Å². The van der Waals surface area contributed by atoms with Gasteiger partial charge in [-0.3, -0.25) is 9.89 Å². The summed E-state index contributed by atoms with van der Waals surface area (Å²) in [4.78, 5) is 17.3. The molecule has 1 amide bonds. The number of nitrogens with one attached hydrogen (secondary N) is 2. The monoisotopic (exact) mass is 365 g/mol. The Kier molecular flexibility index (Phi) is 5.74.